The van der Waals surface area contributed by atoms with Gasteiger partial charge in [-0.25, -0.2) is 9.69 Å². The van der Waals surface area contributed by atoms with E-state index in [2.05, 4.69) is 26.6 Å². The van der Waals surface area contributed by atoms with Crippen LogP contribution in [0.15, 0.2) is 76.9 Å². The number of rotatable bonds is 10. The number of benzene rings is 3. The molecule has 3 aromatic carbocycles. The van der Waals surface area contributed by atoms with Crippen LogP contribution in [-0.2, 0) is 22.6 Å². The first-order valence-electron chi connectivity index (χ1n) is 12.2. The maximum absolute atomic E-state index is 13.0. The number of ether oxygens (including phenoxy) is 2. The van der Waals surface area contributed by atoms with E-state index in [0.29, 0.717) is 40.4 Å². The molecule has 2 N–H and O–H groups in total. The van der Waals surface area contributed by atoms with Crippen LogP contribution >= 0.6 is 15.9 Å². The molecule has 0 radical (unpaired) electrons. The van der Waals surface area contributed by atoms with E-state index in [-0.39, 0.29) is 5.70 Å². The third kappa shape index (κ3) is 6.41. The Kier molecular flexibility index (Phi) is 8.81. The normalized spacial score (nSPS) is 14.0. The fraction of sp³-hybridized carbons (Fsp3) is 0.207. The molecule has 0 unspecified atom stereocenters. The van der Waals surface area contributed by atoms with Crippen molar-refractivity contribution in [3.8, 4) is 11.5 Å². The highest BCUT2D eigenvalue weighted by Crippen LogP contribution is 2.38. The molecule has 0 saturated carbocycles. The van der Waals surface area contributed by atoms with E-state index in [4.69, 9.17) is 9.47 Å². The Morgan fingerprint density at radius 3 is 2.50 bits per heavy atom. The molecule has 1 aliphatic rings. The third-order valence-corrected chi connectivity index (χ3v) is 6.39. The molecule has 196 valence electrons. The number of amides is 4. The number of hydrogen-bond acceptors (Lipinski definition) is 5. The van der Waals surface area contributed by atoms with Crippen LogP contribution in [0.3, 0.4) is 0 Å². The number of hydrogen-bond donors (Lipinski definition) is 2. The first kappa shape index (κ1) is 26.9. The van der Waals surface area contributed by atoms with Gasteiger partial charge in [-0.1, -0.05) is 55.5 Å². The van der Waals surface area contributed by atoms with E-state index in [1.54, 1.807) is 24.3 Å². The first-order valence-corrected chi connectivity index (χ1v) is 13.0. The van der Waals surface area contributed by atoms with Crippen molar-refractivity contribution in [1.29, 1.82) is 0 Å². The largest absolute Gasteiger partial charge is 0.490 e. The monoisotopic (exact) mass is 577 g/mol. The van der Waals surface area contributed by atoms with Gasteiger partial charge in [-0.05, 0) is 70.2 Å². The molecule has 4 amide bonds. The van der Waals surface area contributed by atoms with E-state index in [0.717, 1.165) is 22.4 Å². The van der Waals surface area contributed by atoms with Gasteiger partial charge in [0.1, 0.15) is 18.8 Å². The third-order valence-electron chi connectivity index (χ3n) is 5.81. The maximum atomic E-state index is 13.0. The number of carbonyl (C=O) groups is 3. The van der Waals surface area contributed by atoms with Crippen LogP contribution in [-0.4, -0.2) is 35.9 Å². The summed E-state index contributed by atoms with van der Waals surface area (Å²) in [5, 5.41) is 5.34. The lowest BCUT2D eigenvalue weighted by Crippen LogP contribution is -2.38. The topological polar surface area (TPSA) is 97.0 Å². The Labute approximate surface area is 229 Å². The molecule has 9 heteroatoms. The van der Waals surface area contributed by atoms with Gasteiger partial charge in [-0.2, -0.15) is 0 Å². The predicted molar refractivity (Wildman–Crippen MR) is 149 cm³/mol. The molecule has 8 nitrogen and oxygen atoms in total. The Hall–Kier alpha value is -4.11. The lowest BCUT2D eigenvalue weighted by Gasteiger charge is -2.15. The van der Waals surface area contributed by atoms with Crippen molar-refractivity contribution in [2.24, 2.45) is 0 Å². The lowest BCUT2D eigenvalue weighted by atomic mass is 10.1. The van der Waals surface area contributed by atoms with Gasteiger partial charge in [0.05, 0.1) is 11.1 Å². The number of imide groups is 1. The molecule has 4 rings (SSSR count). The second-order valence-electron chi connectivity index (χ2n) is 8.48. The number of aryl methyl sites for hydroxylation is 1. The van der Waals surface area contributed by atoms with Crippen molar-refractivity contribution in [3.63, 3.8) is 0 Å². The van der Waals surface area contributed by atoms with Crippen molar-refractivity contribution >= 4 is 45.5 Å². The minimum absolute atomic E-state index is 0.0593. The Balaban J connectivity index is 1.49. The molecule has 0 aromatic heterocycles. The minimum atomic E-state index is -0.660. The maximum Gasteiger partial charge on any atom is 0.329 e. The SMILES string of the molecule is CCOc1cc(/C=C2/NC(=O)N(CC(=O)Nc3ccccc3CC)C2=O)cc(Br)c1OCc1ccccc1. The Morgan fingerprint density at radius 1 is 1.03 bits per heavy atom. The summed E-state index contributed by atoms with van der Waals surface area (Å²) in [4.78, 5) is 39.0. The van der Waals surface area contributed by atoms with Crippen LogP contribution < -0.4 is 20.1 Å². The Morgan fingerprint density at radius 2 is 1.76 bits per heavy atom. The van der Waals surface area contributed by atoms with Crippen LogP contribution in [0.25, 0.3) is 6.08 Å². The molecule has 1 fully saturated rings. The molecule has 0 aliphatic carbocycles. The Bertz CT molecular complexity index is 1370. The minimum Gasteiger partial charge on any atom is -0.490 e. The smallest absolute Gasteiger partial charge is 0.329 e. The highest BCUT2D eigenvalue weighted by molar-refractivity contribution is 9.10. The molecule has 0 spiro atoms. The molecule has 0 bridgehead atoms. The molecule has 0 atom stereocenters. The van der Waals surface area contributed by atoms with Crippen molar-refractivity contribution in [3.05, 3.63) is 93.6 Å². The van der Waals surface area contributed by atoms with Crippen molar-refractivity contribution in [1.82, 2.24) is 10.2 Å². The average molecular weight is 578 g/mol. The summed E-state index contributed by atoms with van der Waals surface area (Å²) in [6.07, 6.45) is 2.28. The van der Waals surface area contributed by atoms with E-state index in [1.807, 2.05) is 62.4 Å². The van der Waals surface area contributed by atoms with E-state index < -0.39 is 24.4 Å². The predicted octanol–water partition coefficient (Wildman–Crippen LogP) is 5.52. The number of urea groups is 1. The average Bonchev–Trinajstić information content (AvgIpc) is 3.16. The summed E-state index contributed by atoms with van der Waals surface area (Å²) < 4.78 is 12.4. The highest BCUT2D eigenvalue weighted by Gasteiger charge is 2.35. The molecule has 3 aromatic rings. The number of anilines is 1. The number of nitrogens with one attached hydrogen (secondary N) is 2. The van der Waals surface area contributed by atoms with Crippen molar-refractivity contribution in [2.75, 3.05) is 18.5 Å². The zero-order chi connectivity index (χ0) is 27.1. The highest BCUT2D eigenvalue weighted by atomic mass is 79.9. The summed E-state index contributed by atoms with van der Waals surface area (Å²) in [6, 6.07) is 20.0. The van der Waals surface area contributed by atoms with Gasteiger partial charge in [0.25, 0.3) is 5.91 Å². The standard InChI is InChI=1S/C29H28BrN3O5/c1-3-21-12-8-9-13-23(21)31-26(34)17-33-28(35)24(32-29(33)36)15-20-14-22(30)27(25(16-20)37-4-2)38-18-19-10-6-5-7-11-19/h5-16H,3-4,17-18H2,1-2H3,(H,31,34)(H,32,36)/b24-15+. The van der Waals surface area contributed by atoms with E-state index in [9.17, 15) is 14.4 Å². The molecular weight excluding hydrogens is 550 g/mol. The molecular formula is C29H28BrN3O5. The van der Waals surface area contributed by atoms with Crippen LogP contribution in [0.1, 0.15) is 30.5 Å². The summed E-state index contributed by atoms with van der Waals surface area (Å²) in [5.41, 5.74) is 3.30. The van der Waals surface area contributed by atoms with Gasteiger partial charge < -0.3 is 20.1 Å². The number of carbonyl (C=O) groups excluding carboxylic acids is 3. The summed E-state index contributed by atoms with van der Waals surface area (Å²) in [5.74, 6) is -0.0260. The molecule has 1 aliphatic heterocycles. The van der Waals surface area contributed by atoms with E-state index in [1.165, 1.54) is 0 Å². The van der Waals surface area contributed by atoms with Crippen LogP contribution in [0, 0.1) is 0 Å². The summed E-state index contributed by atoms with van der Waals surface area (Å²) in [6.45, 7) is 4.21. The summed E-state index contributed by atoms with van der Waals surface area (Å²) in [7, 11) is 0. The van der Waals surface area contributed by atoms with Gasteiger partial charge >= 0.3 is 6.03 Å². The van der Waals surface area contributed by atoms with Crippen LogP contribution in [0.5, 0.6) is 11.5 Å². The molecule has 1 heterocycles. The number of halogens is 1. The number of nitrogens with zero attached hydrogens (tertiary/aromatic N) is 1. The first-order chi connectivity index (χ1) is 18.4. The molecule has 38 heavy (non-hydrogen) atoms. The second kappa shape index (κ2) is 12.4. The van der Waals surface area contributed by atoms with Gasteiger partial charge in [0, 0.05) is 5.69 Å². The zero-order valence-corrected chi connectivity index (χ0v) is 22.7. The fourth-order valence-corrected chi connectivity index (χ4v) is 4.54. The van der Waals surface area contributed by atoms with Gasteiger partial charge in [-0.3, -0.25) is 9.59 Å². The van der Waals surface area contributed by atoms with Crippen LogP contribution in [0.2, 0.25) is 0 Å². The van der Waals surface area contributed by atoms with Crippen molar-refractivity contribution in [2.45, 2.75) is 26.9 Å². The van der Waals surface area contributed by atoms with Crippen molar-refractivity contribution < 1.29 is 23.9 Å². The van der Waals surface area contributed by atoms with Crippen LogP contribution in [0.4, 0.5) is 10.5 Å². The quantitative estimate of drug-likeness (QED) is 0.244. The molecule has 1 saturated heterocycles. The lowest BCUT2D eigenvalue weighted by molar-refractivity contribution is -0.127. The summed E-state index contributed by atoms with van der Waals surface area (Å²) >= 11 is 3.54. The van der Waals surface area contributed by atoms with E-state index >= 15 is 0 Å². The van der Waals surface area contributed by atoms with Gasteiger partial charge in [0.2, 0.25) is 5.91 Å². The zero-order valence-electron chi connectivity index (χ0n) is 21.1. The second-order valence-corrected chi connectivity index (χ2v) is 9.33. The fourth-order valence-electron chi connectivity index (χ4n) is 3.97. The van der Waals surface area contributed by atoms with Gasteiger partial charge in [0.15, 0.2) is 11.5 Å². The number of para-hydroxylation sites is 1. The van der Waals surface area contributed by atoms with Gasteiger partial charge in [-0.15, -0.1) is 0 Å².